The number of aromatic nitrogens is 2. The van der Waals surface area contributed by atoms with Gasteiger partial charge in [0.1, 0.15) is 0 Å². The van der Waals surface area contributed by atoms with Crippen molar-refractivity contribution in [3.8, 4) is 28.2 Å². The number of aryl methyl sites for hydroxylation is 1. The molecule has 7 heteroatoms. The van der Waals surface area contributed by atoms with Gasteiger partial charge < -0.3 is 0 Å². The van der Waals surface area contributed by atoms with E-state index in [4.69, 9.17) is 4.98 Å². The fraction of sp³-hybridized carbons (Fsp3) is 0.156. The fourth-order valence-corrected chi connectivity index (χ4v) is 6.46. The molecule has 1 N–H and O–H groups in total. The van der Waals surface area contributed by atoms with Crippen molar-refractivity contribution >= 4 is 21.8 Å². The molecule has 0 saturated carbocycles. The molecule has 1 aromatic heterocycles. The predicted octanol–water partition coefficient (Wildman–Crippen LogP) is 7.37. The van der Waals surface area contributed by atoms with Gasteiger partial charge in [-0.25, -0.2) is 18.1 Å². The normalized spacial score (nSPS) is 11.5. The number of imidazole rings is 1. The van der Waals surface area contributed by atoms with Crippen molar-refractivity contribution in [2.75, 3.05) is 12.3 Å². The minimum atomic E-state index is -3.50. The molecule has 5 aromatic rings. The first-order valence-electron chi connectivity index (χ1n) is 13.0. The maximum absolute atomic E-state index is 12.6. The smallest absolute Gasteiger partial charge is 0.240 e. The standard InChI is InChI=1S/C32H31N3O2S2/c1-25-19-21-29(22-20-25)39(36,37)33-23-11-12-24-38-32-34-30(26-13-5-2-6-14-26)31(27-15-7-3-8-16-27)35(32)28-17-9-4-10-18-28/h2-10,13-22,33H,11-12,23-24H2,1H3. The molecule has 0 unspecified atom stereocenters. The highest BCUT2D eigenvalue weighted by Gasteiger charge is 2.21. The lowest BCUT2D eigenvalue weighted by atomic mass is 10.0. The molecule has 0 fully saturated rings. The van der Waals surface area contributed by atoms with Gasteiger partial charge in [-0.15, -0.1) is 0 Å². The number of benzene rings is 4. The van der Waals surface area contributed by atoms with Crippen molar-refractivity contribution in [3.63, 3.8) is 0 Å². The molecular formula is C32H31N3O2S2. The average Bonchev–Trinajstić information content (AvgIpc) is 3.36. The lowest BCUT2D eigenvalue weighted by Gasteiger charge is -2.13. The molecule has 198 valence electrons. The lowest BCUT2D eigenvalue weighted by Crippen LogP contribution is -2.24. The minimum Gasteiger partial charge on any atom is -0.287 e. The van der Waals surface area contributed by atoms with Crippen LogP contribution < -0.4 is 4.72 Å². The van der Waals surface area contributed by atoms with Gasteiger partial charge >= 0.3 is 0 Å². The molecule has 0 radical (unpaired) electrons. The van der Waals surface area contributed by atoms with Crippen LogP contribution in [0.3, 0.4) is 0 Å². The number of nitrogens with one attached hydrogen (secondary N) is 1. The molecule has 0 aliphatic carbocycles. The number of rotatable bonds is 11. The van der Waals surface area contributed by atoms with Crippen LogP contribution in [0.2, 0.25) is 0 Å². The SMILES string of the molecule is Cc1ccc(S(=O)(=O)NCCCCSc2nc(-c3ccccc3)c(-c3ccccc3)n2-c2ccccc2)cc1. The Labute approximate surface area is 235 Å². The van der Waals surface area contributed by atoms with Gasteiger partial charge in [-0.3, -0.25) is 4.57 Å². The van der Waals surface area contributed by atoms with E-state index in [9.17, 15) is 8.42 Å². The van der Waals surface area contributed by atoms with Gasteiger partial charge in [-0.2, -0.15) is 0 Å². The molecule has 0 aliphatic rings. The first kappa shape index (κ1) is 26.9. The van der Waals surface area contributed by atoms with Crippen LogP contribution in [0.5, 0.6) is 0 Å². The van der Waals surface area contributed by atoms with Crippen LogP contribution in [0.15, 0.2) is 125 Å². The second-order valence-electron chi connectivity index (χ2n) is 9.26. The van der Waals surface area contributed by atoms with Crippen LogP contribution in [-0.2, 0) is 10.0 Å². The third-order valence-corrected chi connectivity index (χ3v) is 8.88. The van der Waals surface area contributed by atoms with Crippen molar-refractivity contribution in [3.05, 3.63) is 121 Å². The van der Waals surface area contributed by atoms with Gasteiger partial charge in [0.25, 0.3) is 0 Å². The predicted molar refractivity (Wildman–Crippen MR) is 161 cm³/mol. The number of thioether (sulfide) groups is 1. The largest absolute Gasteiger partial charge is 0.287 e. The van der Waals surface area contributed by atoms with E-state index in [0.717, 1.165) is 57.5 Å². The van der Waals surface area contributed by atoms with Crippen LogP contribution in [-0.4, -0.2) is 30.3 Å². The molecule has 5 nitrogen and oxygen atoms in total. The second kappa shape index (κ2) is 12.5. The van der Waals surface area contributed by atoms with Crippen LogP contribution in [0.1, 0.15) is 18.4 Å². The second-order valence-corrected chi connectivity index (χ2v) is 12.1. The van der Waals surface area contributed by atoms with E-state index in [0.29, 0.717) is 11.4 Å². The highest BCUT2D eigenvalue weighted by Crippen LogP contribution is 2.38. The zero-order valence-electron chi connectivity index (χ0n) is 21.8. The summed E-state index contributed by atoms with van der Waals surface area (Å²) in [5, 5.41) is 0.916. The third kappa shape index (κ3) is 6.50. The molecule has 0 amide bonds. The molecule has 0 bridgehead atoms. The van der Waals surface area contributed by atoms with Gasteiger partial charge in [0.05, 0.1) is 16.3 Å². The maximum Gasteiger partial charge on any atom is 0.240 e. The summed E-state index contributed by atoms with van der Waals surface area (Å²) in [6.07, 6.45) is 1.59. The van der Waals surface area contributed by atoms with Crippen molar-refractivity contribution < 1.29 is 8.42 Å². The van der Waals surface area contributed by atoms with E-state index in [1.165, 1.54) is 0 Å². The van der Waals surface area contributed by atoms with Crippen molar-refractivity contribution in [2.24, 2.45) is 0 Å². The maximum atomic E-state index is 12.6. The Bertz CT molecular complexity index is 1600. The molecule has 5 rings (SSSR count). The van der Waals surface area contributed by atoms with Gasteiger partial charge in [0.2, 0.25) is 10.0 Å². The monoisotopic (exact) mass is 553 g/mol. The first-order valence-corrected chi connectivity index (χ1v) is 15.5. The van der Waals surface area contributed by atoms with E-state index in [1.54, 1.807) is 23.9 Å². The lowest BCUT2D eigenvalue weighted by molar-refractivity contribution is 0.578. The zero-order chi connectivity index (χ0) is 27.1. The summed E-state index contributed by atoms with van der Waals surface area (Å²) < 4.78 is 30.1. The van der Waals surface area contributed by atoms with Gasteiger partial charge in [-0.1, -0.05) is 108 Å². The number of hydrogen-bond acceptors (Lipinski definition) is 4. The summed E-state index contributed by atoms with van der Waals surface area (Å²) in [7, 11) is -3.50. The van der Waals surface area contributed by atoms with E-state index in [1.807, 2.05) is 61.5 Å². The van der Waals surface area contributed by atoms with E-state index >= 15 is 0 Å². The van der Waals surface area contributed by atoms with Crippen molar-refractivity contribution in [1.29, 1.82) is 0 Å². The molecular weight excluding hydrogens is 523 g/mol. The van der Waals surface area contributed by atoms with E-state index in [2.05, 4.69) is 57.8 Å². The highest BCUT2D eigenvalue weighted by atomic mass is 32.2. The molecule has 1 heterocycles. The van der Waals surface area contributed by atoms with Crippen LogP contribution in [0.25, 0.3) is 28.2 Å². The summed E-state index contributed by atoms with van der Waals surface area (Å²) in [6, 6.07) is 37.9. The average molecular weight is 554 g/mol. The van der Waals surface area contributed by atoms with E-state index < -0.39 is 10.0 Å². The van der Waals surface area contributed by atoms with Gasteiger partial charge in [0, 0.05) is 29.1 Å². The van der Waals surface area contributed by atoms with E-state index in [-0.39, 0.29) is 0 Å². The van der Waals surface area contributed by atoms with Crippen molar-refractivity contribution in [2.45, 2.75) is 29.8 Å². The number of nitrogens with zero attached hydrogens (tertiary/aromatic N) is 2. The summed E-state index contributed by atoms with van der Waals surface area (Å²) >= 11 is 1.70. The topological polar surface area (TPSA) is 64.0 Å². The Hall–Kier alpha value is -3.65. The number of hydrogen-bond donors (Lipinski definition) is 1. The van der Waals surface area contributed by atoms with Crippen molar-refractivity contribution in [1.82, 2.24) is 14.3 Å². The quantitative estimate of drug-likeness (QED) is 0.137. The molecule has 0 atom stereocenters. The fourth-order valence-electron chi connectivity index (χ4n) is 4.37. The molecule has 4 aromatic carbocycles. The Morgan fingerprint density at radius 2 is 1.33 bits per heavy atom. The Balaban J connectivity index is 1.35. The molecule has 0 saturated heterocycles. The van der Waals surface area contributed by atoms with Gasteiger partial charge in [-0.05, 0) is 44.0 Å². The summed E-state index contributed by atoms with van der Waals surface area (Å²) in [6.45, 7) is 2.34. The zero-order valence-corrected chi connectivity index (χ0v) is 23.5. The third-order valence-electron chi connectivity index (χ3n) is 6.38. The summed E-state index contributed by atoms with van der Waals surface area (Å²) in [5.41, 5.74) is 6.26. The van der Waals surface area contributed by atoms with Crippen LogP contribution in [0, 0.1) is 6.92 Å². The summed E-state index contributed by atoms with van der Waals surface area (Å²) in [4.78, 5) is 5.45. The first-order chi connectivity index (χ1) is 19.0. The Morgan fingerprint density at radius 3 is 1.97 bits per heavy atom. The Morgan fingerprint density at radius 1 is 0.744 bits per heavy atom. The summed E-state index contributed by atoms with van der Waals surface area (Å²) in [5.74, 6) is 0.818. The number of unbranched alkanes of at least 4 members (excludes halogenated alkanes) is 1. The number of para-hydroxylation sites is 1. The van der Waals surface area contributed by atoms with Gasteiger partial charge in [0.15, 0.2) is 5.16 Å². The van der Waals surface area contributed by atoms with Crippen LogP contribution >= 0.6 is 11.8 Å². The minimum absolute atomic E-state index is 0.300. The molecule has 0 spiro atoms. The highest BCUT2D eigenvalue weighted by molar-refractivity contribution is 7.99. The van der Waals surface area contributed by atoms with Crippen LogP contribution in [0.4, 0.5) is 0 Å². The molecule has 39 heavy (non-hydrogen) atoms. The number of sulfonamides is 1. The molecule has 0 aliphatic heterocycles. The Kier molecular flexibility index (Phi) is 8.61.